The van der Waals surface area contributed by atoms with E-state index >= 15 is 0 Å². The van der Waals surface area contributed by atoms with Crippen molar-refractivity contribution in [3.05, 3.63) is 88.7 Å². The zero-order valence-corrected chi connectivity index (χ0v) is 20.0. The number of nitrogens with one attached hydrogen (secondary N) is 2. The quantitative estimate of drug-likeness (QED) is 0.448. The van der Waals surface area contributed by atoms with E-state index < -0.39 is 23.8 Å². The molecule has 35 heavy (non-hydrogen) atoms. The first-order valence-electron chi connectivity index (χ1n) is 12.0. The minimum Gasteiger partial charge on any atom is -0.390 e. The van der Waals surface area contributed by atoms with Gasteiger partial charge < -0.3 is 15.7 Å². The molecule has 0 saturated heterocycles. The fourth-order valence-corrected chi connectivity index (χ4v) is 4.88. The molecule has 0 bridgehead atoms. The standard InChI is InChI=1S/C28H31F2N3O2/c1-17-8-9-31-15-25(17)21-7-6-20-4-3-5-26(24(20)13-21)32-16-28(35)27(33-18(2)34)12-19-10-22(29)14-23(30)11-19/h6-11,13-15,26-28,32,35H,3-5,12,16H2,1-2H3,(H,33,34)/t26?,27-,28-/m0/s1. The summed E-state index contributed by atoms with van der Waals surface area (Å²) in [6.45, 7) is 3.65. The molecule has 1 aliphatic carbocycles. The predicted molar refractivity (Wildman–Crippen MR) is 132 cm³/mol. The maximum Gasteiger partial charge on any atom is 0.217 e. The average Bonchev–Trinajstić information content (AvgIpc) is 2.81. The summed E-state index contributed by atoms with van der Waals surface area (Å²) in [7, 11) is 0. The molecule has 3 N–H and O–H groups in total. The largest absolute Gasteiger partial charge is 0.390 e. The zero-order valence-electron chi connectivity index (χ0n) is 20.0. The number of amides is 1. The molecule has 0 spiro atoms. The van der Waals surface area contributed by atoms with Crippen molar-refractivity contribution in [3.8, 4) is 11.1 Å². The van der Waals surface area contributed by atoms with Crippen LogP contribution in [-0.2, 0) is 17.6 Å². The molecule has 0 fully saturated rings. The van der Waals surface area contributed by atoms with Gasteiger partial charge in [-0.25, -0.2) is 8.78 Å². The molecule has 1 aliphatic rings. The van der Waals surface area contributed by atoms with Crippen LogP contribution in [0.3, 0.4) is 0 Å². The molecule has 4 rings (SSSR count). The van der Waals surface area contributed by atoms with Crippen LogP contribution in [0.2, 0.25) is 0 Å². The van der Waals surface area contributed by atoms with Gasteiger partial charge in [0.05, 0.1) is 12.1 Å². The molecular formula is C28H31F2N3O2. The average molecular weight is 480 g/mol. The minimum absolute atomic E-state index is 0.0509. The summed E-state index contributed by atoms with van der Waals surface area (Å²) in [5, 5.41) is 17.1. The fourth-order valence-electron chi connectivity index (χ4n) is 4.88. The number of carbonyl (C=O) groups is 1. The molecule has 2 aromatic carbocycles. The molecule has 1 aromatic heterocycles. The van der Waals surface area contributed by atoms with Crippen molar-refractivity contribution < 1.29 is 18.7 Å². The van der Waals surface area contributed by atoms with Crippen molar-refractivity contribution in [2.45, 2.75) is 57.7 Å². The van der Waals surface area contributed by atoms with E-state index in [1.165, 1.54) is 30.2 Å². The van der Waals surface area contributed by atoms with Gasteiger partial charge in [0.25, 0.3) is 0 Å². The van der Waals surface area contributed by atoms with Crippen LogP contribution in [0.4, 0.5) is 8.78 Å². The summed E-state index contributed by atoms with van der Waals surface area (Å²) in [5.41, 5.74) is 6.21. The first-order valence-corrected chi connectivity index (χ1v) is 12.0. The van der Waals surface area contributed by atoms with Gasteiger partial charge in [-0.1, -0.05) is 12.1 Å². The van der Waals surface area contributed by atoms with Crippen LogP contribution >= 0.6 is 0 Å². The van der Waals surface area contributed by atoms with Crippen molar-refractivity contribution in [3.63, 3.8) is 0 Å². The Morgan fingerprint density at radius 3 is 2.66 bits per heavy atom. The fraction of sp³-hybridized carbons (Fsp3) is 0.357. The third kappa shape index (κ3) is 6.29. The van der Waals surface area contributed by atoms with Gasteiger partial charge in [0, 0.05) is 43.5 Å². The Bertz CT molecular complexity index is 1180. The lowest BCUT2D eigenvalue weighted by Gasteiger charge is -2.30. The SMILES string of the molecule is CC(=O)N[C@@H](Cc1cc(F)cc(F)c1)[C@@H](O)CNC1CCCc2ccc(-c3cnccc3C)cc21. The highest BCUT2D eigenvalue weighted by Crippen LogP contribution is 2.34. The Balaban J connectivity index is 1.49. The lowest BCUT2D eigenvalue weighted by atomic mass is 9.85. The van der Waals surface area contributed by atoms with E-state index in [1.54, 1.807) is 6.20 Å². The molecule has 1 unspecified atom stereocenters. The number of hydrogen-bond donors (Lipinski definition) is 3. The summed E-state index contributed by atoms with van der Waals surface area (Å²) in [5.74, 6) is -1.69. The molecule has 1 heterocycles. The topological polar surface area (TPSA) is 74.2 Å². The number of aliphatic hydroxyl groups excluding tert-OH is 1. The summed E-state index contributed by atoms with van der Waals surface area (Å²) < 4.78 is 27.3. The number of rotatable bonds is 8. The van der Waals surface area contributed by atoms with Crippen molar-refractivity contribution in [2.24, 2.45) is 0 Å². The second-order valence-corrected chi connectivity index (χ2v) is 9.31. The van der Waals surface area contributed by atoms with Gasteiger partial charge in [0.1, 0.15) is 11.6 Å². The van der Waals surface area contributed by atoms with Crippen molar-refractivity contribution >= 4 is 5.91 Å². The second-order valence-electron chi connectivity index (χ2n) is 9.31. The van der Waals surface area contributed by atoms with Gasteiger partial charge in [-0.05, 0) is 84.7 Å². The van der Waals surface area contributed by atoms with Crippen LogP contribution < -0.4 is 10.6 Å². The number of hydrogen-bond acceptors (Lipinski definition) is 4. The lowest BCUT2D eigenvalue weighted by Crippen LogP contribution is -2.48. The highest BCUT2D eigenvalue weighted by molar-refractivity contribution is 5.73. The highest BCUT2D eigenvalue weighted by Gasteiger charge is 2.25. The van der Waals surface area contributed by atoms with E-state index in [9.17, 15) is 18.7 Å². The van der Waals surface area contributed by atoms with Crippen molar-refractivity contribution in [1.82, 2.24) is 15.6 Å². The van der Waals surface area contributed by atoms with E-state index in [0.29, 0.717) is 5.56 Å². The Morgan fingerprint density at radius 1 is 1.17 bits per heavy atom. The van der Waals surface area contributed by atoms with Crippen molar-refractivity contribution in [1.29, 1.82) is 0 Å². The van der Waals surface area contributed by atoms with Gasteiger partial charge in [0.2, 0.25) is 5.91 Å². The van der Waals surface area contributed by atoms with Crippen LogP contribution in [0.1, 0.15) is 48.1 Å². The van der Waals surface area contributed by atoms with E-state index in [2.05, 4.69) is 40.7 Å². The van der Waals surface area contributed by atoms with E-state index in [-0.39, 0.29) is 24.9 Å². The van der Waals surface area contributed by atoms with Crippen molar-refractivity contribution in [2.75, 3.05) is 6.54 Å². The molecule has 0 saturated carbocycles. The smallest absolute Gasteiger partial charge is 0.217 e. The van der Waals surface area contributed by atoms with Gasteiger partial charge in [-0.3, -0.25) is 9.78 Å². The zero-order chi connectivity index (χ0) is 24.9. The number of benzene rings is 2. The van der Waals surface area contributed by atoms with E-state index in [0.717, 1.165) is 42.0 Å². The number of aliphatic hydroxyl groups is 1. The summed E-state index contributed by atoms with van der Waals surface area (Å²) in [4.78, 5) is 16.0. The normalized spacial score (nSPS) is 16.9. The van der Waals surface area contributed by atoms with Crippen LogP contribution in [0.15, 0.2) is 54.9 Å². The van der Waals surface area contributed by atoms with Crippen LogP contribution in [0, 0.1) is 18.6 Å². The molecule has 5 nitrogen and oxygen atoms in total. The van der Waals surface area contributed by atoms with Gasteiger partial charge >= 0.3 is 0 Å². The summed E-state index contributed by atoms with van der Waals surface area (Å²) in [6, 6.07) is 11.1. The number of pyridine rings is 1. The third-order valence-corrected chi connectivity index (χ3v) is 6.61. The summed E-state index contributed by atoms with van der Waals surface area (Å²) >= 11 is 0. The Labute approximate surface area is 204 Å². The van der Waals surface area contributed by atoms with Gasteiger partial charge in [-0.15, -0.1) is 0 Å². The third-order valence-electron chi connectivity index (χ3n) is 6.61. The van der Waals surface area contributed by atoms with E-state index in [4.69, 9.17) is 0 Å². The summed E-state index contributed by atoms with van der Waals surface area (Å²) in [6.07, 6.45) is 5.79. The lowest BCUT2D eigenvalue weighted by molar-refractivity contribution is -0.120. The monoisotopic (exact) mass is 479 g/mol. The number of nitrogens with zero attached hydrogens (tertiary/aromatic N) is 1. The predicted octanol–water partition coefficient (Wildman–Crippen LogP) is 4.41. The van der Waals surface area contributed by atoms with Crippen LogP contribution in [0.5, 0.6) is 0 Å². The molecule has 3 atom stereocenters. The number of aryl methyl sites for hydroxylation is 2. The molecular weight excluding hydrogens is 448 g/mol. The number of fused-ring (bicyclic) bond motifs is 1. The van der Waals surface area contributed by atoms with E-state index in [1.807, 2.05) is 12.3 Å². The maximum absolute atomic E-state index is 13.6. The van der Waals surface area contributed by atoms with Crippen LogP contribution in [0.25, 0.3) is 11.1 Å². The maximum atomic E-state index is 13.6. The Hall–Kier alpha value is -3.16. The number of halogens is 2. The van der Waals surface area contributed by atoms with Crippen LogP contribution in [-0.4, -0.2) is 34.7 Å². The van der Waals surface area contributed by atoms with Gasteiger partial charge in [0.15, 0.2) is 0 Å². The molecule has 1 amide bonds. The second kappa shape index (κ2) is 11.1. The number of carbonyl (C=O) groups excluding carboxylic acids is 1. The molecule has 0 radical (unpaired) electrons. The molecule has 3 aromatic rings. The first-order chi connectivity index (χ1) is 16.8. The first kappa shape index (κ1) is 24.9. The van der Waals surface area contributed by atoms with Gasteiger partial charge in [-0.2, -0.15) is 0 Å². The number of aromatic nitrogens is 1. The Kier molecular flexibility index (Phi) is 7.88. The Morgan fingerprint density at radius 2 is 1.94 bits per heavy atom. The minimum atomic E-state index is -0.945. The highest BCUT2D eigenvalue weighted by atomic mass is 19.1. The molecule has 7 heteroatoms. The molecule has 0 aliphatic heterocycles. The molecule has 184 valence electrons.